The summed E-state index contributed by atoms with van der Waals surface area (Å²) in [7, 11) is 0. The topological polar surface area (TPSA) is 384 Å². The van der Waals surface area contributed by atoms with Gasteiger partial charge < -0.3 is 24.5 Å². The molecule has 12 heterocycles. The highest BCUT2D eigenvalue weighted by Crippen LogP contribution is 2.25. The first kappa shape index (κ1) is 73.7. The fourth-order valence-electron chi connectivity index (χ4n) is 9.97. The van der Waals surface area contributed by atoms with Gasteiger partial charge in [-0.3, -0.25) is 104 Å². The number of imide groups is 3. The van der Waals surface area contributed by atoms with E-state index in [4.69, 9.17) is 4.74 Å². The van der Waals surface area contributed by atoms with Gasteiger partial charge in [-0.2, -0.15) is 0 Å². The number of aryl methyl sites for hydroxylation is 3. The molecule has 0 aromatic carbocycles. The van der Waals surface area contributed by atoms with Crippen molar-refractivity contribution < 1.29 is 72.2 Å². The number of Topliss-reactive ketones (excluding diaryl/α,β-unsaturated/α-hetero) is 3. The number of ketones is 3. The van der Waals surface area contributed by atoms with E-state index < -0.39 is 12.1 Å². The molecular weight excluding hydrogens is 1270 g/mol. The van der Waals surface area contributed by atoms with Crippen LogP contribution in [0.5, 0.6) is 0 Å². The number of aromatic nitrogens is 6. The number of hydrogen-bond donors (Lipinski definition) is 4. The third kappa shape index (κ3) is 21.4. The number of urea groups is 3. The number of ether oxygens (including phenoxy) is 1. The lowest BCUT2D eigenvalue weighted by molar-refractivity contribution is -0.130. The van der Waals surface area contributed by atoms with Crippen molar-refractivity contribution in [2.45, 2.75) is 105 Å². The molecule has 30 nitrogen and oxygen atoms in total. The van der Waals surface area contributed by atoms with Crippen LogP contribution < -0.4 is 45.3 Å². The van der Waals surface area contributed by atoms with Gasteiger partial charge in [-0.1, -0.05) is 6.58 Å². The van der Waals surface area contributed by atoms with Gasteiger partial charge in [0.1, 0.15) is 17.3 Å². The number of nitrogens with one attached hydrogen (secondary N) is 3. The molecule has 1 atom stereocenters. The van der Waals surface area contributed by atoms with Crippen molar-refractivity contribution in [3.8, 4) is 0 Å². The molecule has 6 aliphatic heterocycles. The summed E-state index contributed by atoms with van der Waals surface area (Å²) in [5.41, 5.74) is 9.72. The summed E-state index contributed by atoms with van der Waals surface area (Å²) in [5.74, 6) is -1.82. The van der Waals surface area contributed by atoms with Gasteiger partial charge in [0.05, 0.1) is 115 Å². The fourth-order valence-corrected chi connectivity index (χ4v) is 9.97. The number of carbonyl (C=O) groups excluding carboxylic acids is 13. The van der Waals surface area contributed by atoms with Crippen LogP contribution in [0.15, 0.2) is 117 Å². The van der Waals surface area contributed by atoms with Crippen LogP contribution in [0.1, 0.15) is 123 Å². The minimum absolute atomic E-state index is 0.00268. The molecule has 30 heteroatoms. The molecular formula is C68H75N15O15. The van der Waals surface area contributed by atoms with Crippen molar-refractivity contribution in [3.05, 3.63) is 151 Å². The Morgan fingerprint density at radius 1 is 0.459 bits per heavy atom. The maximum absolute atomic E-state index is 11.8. The monoisotopic (exact) mass is 1340 g/mol. The van der Waals surface area contributed by atoms with E-state index in [1.807, 2.05) is 52.0 Å². The summed E-state index contributed by atoms with van der Waals surface area (Å²) in [6.07, 6.45) is 19.2. The summed E-state index contributed by atoms with van der Waals surface area (Å²) in [5, 5.41) is 16.1. The van der Waals surface area contributed by atoms with Gasteiger partial charge in [0.15, 0.2) is 0 Å². The van der Waals surface area contributed by atoms with Crippen molar-refractivity contribution in [1.29, 1.82) is 0 Å². The molecule has 6 aliphatic rings. The Balaban J connectivity index is 0.000000166. The van der Waals surface area contributed by atoms with Crippen LogP contribution in [0.25, 0.3) is 5.57 Å². The van der Waals surface area contributed by atoms with E-state index in [2.05, 4.69) is 52.4 Å². The second kappa shape index (κ2) is 35.2. The number of esters is 1. The van der Waals surface area contributed by atoms with Gasteiger partial charge in [-0.25, -0.2) is 19.2 Å². The highest BCUT2D eigenvalue weighted by molar-refractivity contribution is 6.11. The van der Waals surface area contributed by atoms with Crippen LogP contribution >= 0.6 is 0 Å². The maximum atomic E-state index is 11.8. The average Bonchev–Trinajstić information content (AvgIpc) is 0.864. The Kier molecular flexibility index (Phi) is 26.5. The number of aliphatic hydroxyl groups excluding tert-OH is 1. The summed E-state index contributed by atoms with van der Waals surface area (Å²) in [6.45, 7) is 17.5. The largest absolute Gasteiger partial charge is 0.462 e. The van der Waals surface area contributed by atoms with Crippen LogP contribution in [0.4, 0.5) is 48.5 Å². The Morgan fingerprint density at radius 3 is 1.09 bits per heavy atom. The van der Waals surface area contributed by atoms with Gasteiger partial charge in [-0.05, 0) is 112 Å². The molecule has 6 aromatic heterocycles. The third-order valence-electron chi connectivity index (χ3n) is 15.1. The van der Waals surface area contributed by atoms with E-state index in [0.29, 0.717) is 100 Å². The average molecular weight is 1340 g/mol. The molecule has 12 rings (SSSR count). The number of allylic oxidation sites excluding steroid dienone is 1. The van der Waals surface area contributed by atoms with Crippen molar-refractivity contribution in [1.82, 2.24) is 45.9 Å². The molecule has 0 spiro atoms. The molecule has 512 valence electrons. The molecule has 6 saturated heterocycles. The minimum Gasteiger partial charge on any atom is -0.462 e. The molecule has 0 saturated carbocycles. The predicted molar refractivity (Wildman–Crippen MR) is 357 cm³/mol. The summed E-state index contributed by atoms with van der Waals surface area (Å²) in [4.78, 5) is 181. The Bertz CT molecular complexity index is 3840. The van der Waals surface area contributed by atoms with E-state index in [1.165, 1.54) is 32.0 Å². The SMILES string of the molecule is C=C(C)c1cncc(N2CCC(=O)CC2=O)c1.CC(O)c1ccc(N2CCC(=O)CC2=O)cn1.CCOC(=O)c1cncc(N2CCC(=O)CC2=O)c1.Cc1cncc(N2CCC(=O)NC2=O)c1.Cc1cncc(N2CCC(=O)NC2=O)c1.Cc1cncc(N2CCC(=O)NC2=O)c1. The zero-order valence-electron chi connectivity index (χ0n) is 55.0. The first-order chi connectivity index (χ1) is 46.8. The molecule has 4 N–H and O–H groups in total. The second-order valence-electron chi connectivity index (χ2n) is 22.9. The Hall–Kier alpha value is -11.7. The van der Waals surface area contributed by atoms with Gasteiger partial charge in [0.2, 0.25) is 35.4 Å². The molecule has 0 aliphatic carbocycles. The third-order valence-corrected chi connectivity index (χ3v) is 15.1. The van der Waals surface area contributed by atoms with Crippen molar-refractivity contribution >= 4 is 117 Å². The van der Waals surface area contributed by atoms with E-state index >= 15 is 0 Å². The number of nitrogens with zero attached hydrogens (tertiary/aromatic N) is 12. The highest BCUT2D eigenvalue weighted by atomic mass is 16.5. The lowest BCUT2D eigenvalue weighted by Crippen LogP contribution is -2.49. The van der Waals surface area contributed by atoms with Crippen molar-refractivity contribution in [2.75, 3.05) is 75.3 Å². The fraction of sp³-hybridized carbons (Fsp3) is 0.338. The number of anilines is 6. The Morgan fingerprint density at radius 2 is 0.786 bits per heavy atom. The van der Waals surface area contributed by atoms with E-state index in [0.717, 1.165) is 50.6 Å². The molecule has 6 fully saturated rings. The smallest absolute Gasteiger partial charge is 0.339 e. The molecule has 12 amide bonds. The first-order valence-corrected chi connectivity index (χ1v) is 31.2. The van der Waals surface area contributed by atoms with E-state index in [9.17, 15) is 67.4 Å². The number of carbonyl (C=O) groups is 13. The summed E-state index contributed by atoms with van der Waals surface area (Å²) in [6, 6.07) is 11.3. The lowest BCUT2D eigenvalue weighted by atomic mass is 10.1. The molecule has 6 aromatic rings. The van der Waals surface area contributed by atoms with Gasteiger partial charge in [0, 0.05) is 109 Å². The number of aliphatic hydroxyl groups is 1. The normalized spacial score (nSPS) is 16.6. The Labute approximate surface area is 563 Å². The van der Waals surface area contributed by atoms with Crippen LogP contribution in [0.2, 0.25) is 0 Å². The number of hydrogen-bond acceptors (Lipinski definition) is 21. The van der Waals surface area contributed by atoms with E-state index in [-0.39, 0.29) is 96.8 Å². The number of amides is 12. The minimum atomic E-state index is -0.623. The van der Waals surface area contributed by atoms with Crippen LogP contribution in [-0.2, 0) is 47.9 Å². The summed E-state index contributed by atoms with van der Waals surface area (Å²) >= 11 is 0. The molecule has 0 bridgehead atoms. The van der Waals surface area contributed by atoms with Crippen LogP contribution in [-0.4, -0.2) is 158 Å². The van der Waals surface area contributed by atoms with Crippen LogP contribution in [0.3, 0.4) is 0 Å². The van der Waals surface area contributed by atoms with Gasteiger partial charge >= 0.3 is 24.1 Å². The predicted octanol–water partition coefficient (Wildman–Crippen LogP) is 6.10. The quantitative estimate of drug-likeness (QED) is 0.0888. The van der Waals surface area contributed by atoms with Gasteiger partial charge in [0.25, 0.3) is 0 Å². The maximum Gasteiger partial charge on any atom is 0.339 e. The van der Waals surface area contributed by atoms with Crippen LogP contribution in [0, 0.1) is 20.8 Å². The standard InChI is InChI=1S/C13H14N2O4.C13H14N2O2.C12H14N2O3.3C10H11N3O2/c1-2-19-13(18)9-5-10(8-14-7-9)15-4-3-11(16)6-12(15)17;1-9(2)10-5-11(8-14-7-10)15-4-3-12(16)6-13(15)17;1-8(15)11-3-2-9(7-13-11)14-5-4-10(16)6-12(14)17;3*1-7-4-8(6-11-5-7)13-3-2-9(14)12-10(13)15/h5,7-8H,2-4,6H2,1H3;5,7-8H,1,3-4,6H2,2H3;2-3,7-8,15H,4-6H2,1H3;3*4-6H,2-3H2,1H3,(H,12,14,15). The number of piperidine rings is 3. The van der Waals surface area contributed by atoms with Gasteiger partial charge in [-0.15, -0.1) is 0 Å². The zero-order valence-corrected chi connectivity index (χ0v) is 55.0. The first-order valence-electron chi connectivity index (χ1n) is 31.2. The summed E-state index contributed by atoms with van der Waals surface area (Å²) < 4.78 is 4.88. The molecule has 98 heavy (non-hydrogen) atoms. The lowest BCUT2D eigenvalue weighted by Gasteiger charge is -2.26. The number of pyridine rings is 6. The van der Waals surface area contributed by atoms with Crippen molar-refractivity contribution in [3.63, 3.8) is 0 Å². The molecule has 1 unspecified atom stereocenters. The second-order valence-corrected chi connectivity index (χ2v) is 22.9. The molecule has 0 radical (unpaired) electrons. The highest BCUT2D eigenvalue weighted by Gasteiger charge is 2.30. The van der Waals surface area contributed by atoms with E-state index in [1.54, 1.807) is 97.6 Å². The zero-order chi connectivity index (χ0) is 71.2. The number of rotatable bonds is 10. The van der Waals surface area contributed by atoms with Crippen molar-refractivity contribution in [2.24, 2.45) is 0 Å².